The van der Waals surface area contributed by atoms with Gasteiger partial charge in [0.05, 0.1) is 13.2 Å². The summed E-state index contributed by atoms with van der Waals surface area (Å²) in [6.45, 7) is 10.5. The van der Waals surface area contributed by atoms with Crippen molar-refractivity contribution in [3.63, 3.8) is 0 Å². The van der Waals surface area contributed by atoms with Gasteiger partial charge in [-0.2, -0.15) is 0 Å². The van der Waals surface area contributed by atoms with Gasteiger partial charge in [-0.25, -0.2) is 0 Å². The van der Waals surface area contributed by atoms with Gasteiger partial charge in [0.15, 0.2) is 11.5 Å². The zero-order valence-electron chi connectivity index (χ0n) is 24.2. The Hall–Kier alpha value is -3.92. The van der Waals surface area contributed by atoms with E-state index in [-0.39, 0.29) is 0 Å². The predicted molar refractivity (Wildman–Crippen MR) is 161 cm³/mol. The summed E-state index contributed by atoms with van der Waals surface area (Å²) in [7, 11) is 0. The Kier molecular flexibility index (Phi) is 8.95. The van der Waals surface area contributed by atoms with E-state index in [1.807, 2.05) is 25.1 Å². The van der Waals surface area contributed by atoms with E-state index in [0.717, 1.165) is 49.1 Å². The molecule has 1 aliphatic carbocycles. The van der Waals surface area contributed by atoms with Crippen LogP contribution in [-0.2, 0) is 25.7 Å². The molecule has 0 radical (unpaired) electrons. The van der Waals surface area contributed by atoms with Crippen molar-refractivity contribution in [2.45, 2.75) is 59.8 Å². The summed E-state index contributed by atoms with van der Waals surface area (Å²) < 4.78 is 21.0. The zero-order valence-corrected chi connectivity index (χ0v) is 24.2. The van der Waals surface area contributed by atoms with E-state index in [4.69, 9.17) is 18.9 Å². The van der Waals surface area contributed by atoms with Crippen LogP contribution < -0.4 is 18.9 Å². The van der Waals surface area contributed by atoms with Crippen LogP contribution in [-0.4, -0.2) is 20.0 Å². The quantitative estimate of drug-likeness (QED) is 0.228. The van der Waals surface area contributed by atoms with Gasteiger partial charge in [0.1, 0.15) is 11.5 Å². The van der Waals surface area contributed by atoms with Crippen LogP contribution in [0.2, 0.25) is 0 Å². The van der Waals surface area contributed by atoms with Gasteiger partial charge in [-0.1, -0.05) is 59.7 Å². The average Bonchev–Trinajstić information content (AvgIpc) is 3.75. The Morgan fingerprint density at radius 2 is 0.925 bits per heavy atom. The predicted octanol–water partition coefficient (Wildman–Crippen LogP) is 8.07. The van der Waals surface area contributed by atoms with Crippen molar-refractivity contribution in [1.82, 2.24) is 0 Å². The highest BCUT2D eigenvalue weighted by Gasteiger charge is 2.12. The molecule has 40 heavy (non-hydrogen) atoms. The minimum absolute atomic E-state index is 0.360. The lowest BCUT2D eigenvalue weighted by molar-refractivity contribution is 0.174. The van der Waals surface area contributed by atoms with Crippen LogP contribution in [0.3, 0.4) is 0 Å². The van der Waals surface area contributed by atoms with Gasteiger partial charge in [0.2, 0.25) is 6.79 Å². The third-order valence-corrected chi connectivity index (χ3v) is 7.48. The molecule has 4 aliphatic rings. The SMILES string of the molecule is Cc1ccc2c(c1)CCC2.Cc1ccc2c(c1)CCO2.Cc1ccc2c(c1)OCC2.Cc1ccc2c(c1)OCO2. The van der Waals surface area contributed by atoms with E-state index in [1.54, 1.807) is 11.1 Å². The van der Waals surface area contributed by atoms with E-state index in [0.29, 0.717) is 6.79 Å². The fraction of sp³-hybridized carbons (Fsp3) is 0.333. The minimum Gasteiger partial charge on any atom is -0.493 e. The molecule has 0 atom stereocenters. The van der Waals surface area contributed by atoms with Crippen LogP contribution in [0.25, 0.3) is 0 Å². The number of hydrogen-bond acceptors (Lipinski definition) is 4. The number of rotatable bonds is 0. The molecular weight excluding hydrogens is 496 g/mol. The molecule has 4 nitrogen and oxygen atoms in total. The first-order chi connectivity index (χ1) is 19.4. The number of aryl methyl sites for hydroxylation is 6. The molecule has 0 bridgehead atoms. The van der Waals surface area contributed by atoms with Crippen LogP contribution in [0.1, 0.15) is 50.9 Å². The Bertz CT molecular complexity index is 1230. The van der Waals surface area contributed by atoms with E-state index in [2.05, 4.69) is 75.4 Å². The molecule has 3 aliphatic heterocycles. The fourth-order valence-corrected chi connectivity index (χ4v) is 5.29. The van der Waals surface area contributed by atoms with Crippen molar-refractivity contribution in [3.05, 3.63) is 117 Å². The van der Waals surface area contributed by atoms with E-state index in [1.165, 1.54) is 52.6 Å². The summed E-state index contributed by atoms with van der Waals surface area (Å²) in [6, 6.07) is 25.4. The van der Waals surface area contributed by atoms with Gasteiger partial charge < -0.3 is 18.9 Å². The summed E-state index contributed by atoms with van der Waals surface area (Å²) in [6.07, 6.45) is 6.12. The summed E-state index contributed by atoms with van der Waals surface area (Å²) in [5.74, 6) is 3.87. The smallest absolute Gasteiger partial charge is 0.231 e. The van der Waals surface area contributed by atoms with Gasteiger partial charge in [0.25, 0.3) is 0 Å². The van der Waals surface area contributed by atoms with Crippen molar-refractivity contribution in [3.8, 4) is 23.0 Å². The van der Waals surface area contributed by atoms with Gasteiger partial charge >= 0.3 is 0 Å². The molecular formula is C36H40O4. The van der Waals surface area contributed by atoms with Crippen LogP contribution in [0.15, 0.2) is 72.8 Å². The monoisotopic (exact) mass is 536 g/mol. The summed E-state index contributed by atoms with van der Waals surface area (Å²) in [4.78, 5) is 0. The van der Waals surface area contributed by atoms with Crippen LogP contribution in [0, 0.1) is 27.7 Å². The second-order valence-electron chi connectivity index (χ2n) is 10.9. The fourth-order valence-electron chi connectivity index (χ4n) is 5.29. The van der Waals surface area contributed by atoms with Gasteiger partial charge in [-0.15, -0.1) is 0 Å². The second kappa shape index (κ2) is 13.0. The number of ether oxygens (including phenoxy) is 4. The molecule has 0 spiro atoms. The van der Waals surface area contributed by atoms with Crippen molar-refractivity contribution in [1.29, 1.82) is 0 Å². The first-order valence-corrected chi connectivity index (χ1v) is 14.3. The molecule has 0 aromatic heterocycles. The molecule has 0 saturated heterocycles. The lowest BCUT2D eigenvalue weighted by Crippen LogP contribution is -1.92. The third kappa shape index (κ3) is 7.18. The van der Waals surface area contributed by atoms with Gasteiger partial charge in [-0.05, 0) is 105 Å². The second-order valence-corrected chi connectivity index (χ2v) is 10.9. The molecule has 0 fully saturated rings. The molecule has 0 saturated carbocycles. The highest BCUT2D eigenvalue weighted by Crippen LogP contribution is 2.32. The van der Waals surface area contributed by atoms with Crippen LogP contribution >= 0.6 is 0 Å². The number of benzene rings is 4. The molecule has 0 N–H and O–H groups in total. The number of fused-ring (bicyclic) bond motifs is 4. The zero-order chi connectivity index (χ0) is 27.9. The normalized spacial score (nSPS) is 14.5. The maximum atomic E-state index is 5.38. The van der Waals surface area contributed by atoms with E-state index in [9.17, 15) is 0 Å². The molecule has 0 amide bonds. The Labute approximate surface area is 238 Å². The van der Waals surface area contributed by atoms with E-state index < -0.39 is 0 Å². The van der Waals surface area contributed by atoms with Crippen LogP contribution in [0.5, 0.6) is 23.0 Å². The Morgan fingerprint density at radius 1 is 0.400 bits per heavy atom. The molecule has 4 aromatic rings. The lowest BCUT2D eigenvalue weighted by atomic mass is 10.1. The largest absolute Gasteiger partial charge is 0.493 e. The van der Waals surface area contributed by atoms with Crippen molar-refractivity contribution in [2.24, 2.45) is 0 Å². The summed E-state index contributed by atoms with van der Waals surface area (Å²) >= 11 is 0. The molecule has 4 heteroatoms. The Morgan fingerprint density at radius 3 is 1.70 bits per heavy atom. The first-order valence-electron chi connectivity index (χ1n) is 14.3. The van der Waals surface area contributed by atoms with Crippen molar-refractivity contribution < 1.29 is 18.9 Å². The maximum absolute atomic E-state index is 5.38. The first kappa shape index (κ1) is 27.6. The van der Waals surface area contributed by atoms with Gasteiger partial charge in [-0.3, -0.25) is 0 Å². The number of hydrogen-bond donors (Lipinski definition) is 0. The molecule has 3 heterocycles. The summed E-state index contributed by atoms with van der Waals surface area (Å²) in [5, 5.41) is 0. The van der Waals surface area contributed by atoms with E-state index >= 15 is 0 Å². The molecule has 8 rings (SSSR count). The maximum Gasteiger partial charge on any atom is 0.231 e. The third-order valence-electron chi connectivity index (χ3n) is 7.48. The molecule has 4 aromatic carbocycles. The van der Waals surface area contributed by atoms with Crippen molar-refractivity contribution >= 4 is 0 Å². The van der Waals surface area contributed by atoms with Crippen LogP contribution in [0.4, 0.5) is 0 Å². The minimum atomic E-state index is 0.360. The highest BCUT2D eigenvalue weighted by molar-refractivity contribution is 5.44. The van der Waals surface area contributed by atoms with Gasteiger partial charge in [0, 0.05) is 12.8 Å². The molecule has 208 valence electrons. The lowest BCUT2D eigenvalue weighted by Gasteiger charge is -1.98. The summed E-state index contributed by atoms with van der Waals surface area (Å²) in [5.41, 5.74) is 11.1. The topological polar surface area (TPSA) is 36.9 Å². The average molecular weight is 537 g/mol. The standard InChI is InChI=1S/C10H12.2C9H10O.C8H8O2/c1-8-5-6-9-3-2-4-10(9)7-8;1-7-2-3-9-8(6-7)4-5-10-9;1-7-2-3-8-4-5-10-9(8)6-7;1-6-2-3-7-8(4-6)10-5-9-7/h5-7H,2-4H2,1H3;2*2-3,6H,4-5H2,1H3;2-4H,5H2,1H3. The molecule has 0 unspecified atom stereocenters. The Balaban J connectivity index is 0.000000108. The highest BCUT2D eigenvalue weighted by atomic mass is 16.7. The van der Waals surface area contributed by atoms with Crippen molar-refractivity contribution in [2.75, 3.05) is 20.0 Å².